The molecule has 2 amide bonds. The molecule has 1 unspecified atom stereocenters. The van der Waals surface area contributed by atoms with E-state index in [4.69, 9.17) is 0 Å². The molecule has 0 bridgehead atoms. The molecule has 0 saturated carbocycles. The number of carbonyl (C=O) groups excluding carboxylic acids is 2. The number of benzene rings is 2. The molecule has 9 heteroatoms. The van der Waals surface area contributed by atoms with E-state index in [-0.39, 0.29) is 28.2 Å². The Balaban J connectivity index is 1.69. The van der Waals surface area contributed by atoms with Gasteiger partial charge >= 0.3 is 0 Å². The van der Waals surface area contributed by atoms with Gasteiger partial charge in [-0.05, 0) is 36.8 Å². The summed E-state index contributed by atoms with van der Waals surface area (Å²) in [6, 6.07) is 10.2. The number of sulfone groups is 1. The monoisotopic (exact) mass is 422 g/mol. The summed E-state index contributed by atoms with van der Waals surface area (Å²) in [6.45, 7) is 1.89. The van der Waals surface area contributed by atoms with Gasteiger partial charge in [-0.3, -0.25) is 9.59 Å². The molecular weight excluding hydrogens is 403 g/mol. The lowest BCUT2D eigenvalue weighted by Gasteiger charge is -2.23. The van der Waals surface area contributed by atoms with Gasteiger partial charge in [0.2, 0.25) is 11.8 Å². The second-order valence-corrected chi connectivity index (χ2v) is 9.61. The zero-order valence-corrected chi connectivity index (χ0v) is 16.7. The summed E-state index contributed by atoms with van der Waals surface area (Å²) in [5, 5.41) is 4.87. The molecule has 0 spiro atoms. The first-order chi connectivity index (χ1) is 13.3. The smallest absolute Gasteiger partial charge is 0.237 e. The Bertz CT molecular complexity index is 1020. The van der Waals surface area contributed by atoms with Gasteiger partial charge in [0.05, 0.1) is 27.3 Å². The molecule has 0 radical (unpaired) electrons. The van der Waals surface area contributed by atoms with Crippen molar-refractivity contribution in [2.24, 2.45) is 0 Å². The van der Waals surface area contributed by atoms with Crippen LogP contribution in [0.1, 0.15) is 19.8 Å². The van der Waals surface area contributed by atoms with E-state index in [9.17, 15) is 22.4 Å². The molecule has 1 aliphatic rings. The first-order valence-electron chi connectivity index (χ1n) is 8.69. The van der Waals surface area contributed by atoms with Crippen molar-refractivity contribution in [1.29, 1.82) is 0 Å². The summed E-state index contributed by atoms with van der Waals surface area (Å²) in [7, 11) is -3.71. The molecule has 0 aromatic heterocycles. The highest BCUT2D eigenvalue weighted by Gasteiger charge is 2.27. The van der Waals surface area contributed by atoms with Gasteiger partial charge in [-0.15, -0.1) is 11.8 Å². The number of halogens is 1. The van der Waals surface area contributed by atoms with Crippen molar-refractivity contribution >= 4 is 44.8 Å². The summed E-state index contributed by atoms with van der Waals surface area (Å²) >= 11 is 1.33. The molecule has 0 fully saturated rings. The fraction of sp³-hybridized carbons (Fsp3) is 0.263. The number of fused-ring (bicyclic) bond motifs is 1. The average molecular weight is 423 g/mol. The van der Waals surface area contributed by atoms with Gasteiger partial charge in [0.1, 0.15) is 5.82 Å². The number of anilines is 2. The Hall–Kier alpha value is -2.39. The first-order valence-corrected chi connectivity index (χ1v) is 11.2. The van der Waals surface area contributed by atoms with Crippen molar-refractivity contribution in [3.63, 3.8) is 0 Å². The van der Waals surface area contributed by atoms with Crippen LogP contribution in [0.4, 0.5) is 15.8 Å². The molecule has 1 atom stereocenters. The van der Waals surface area contributed by atoms with E-state index in [1.807, 2.05) is 6.92 Å². The summed E-state index contributed by atoms with van der Waals surface area (Å²) in [5.74, 6) is -1.67. The van der Waals surface area contributed by atoms with Crippen LogP contribution in [0.2, 0.25) is 0 Å². The number of carbonyl (C=O) groups is 2. The summed E-state index contributed by atoms with van der Waals surface area (Å²) < 4.78 is 38.8. The lowest BCUT2D eigenvalue weighted by Crippen LogP contribution is -2.28. The highest BCUT2D eigenvalue weighted by Crippen LogP contribution is 2.38. The van der Waals surface area contributed by atoms with Crippen LogP contribution in [0.5, 0.6) is 0 Å². The van der Waals surface area contributed by atoms with Crippen molar-refractivity contribution in [1.82, 2.24) is 0 Å². The highest BCUT2D eigenvalue weighted by molar-refractivity contribution is 8.01. The number of hydrogen-bond acceptors (Lipinski definition) is 5. The molecule has 6 nitrogen and oxygen atoms in total. The third-order valence-electron chi connectivity index (χ3n) is 4.25. The third-order valence-corrected chi connectivity index (χ3v) is 7.39. The van der Waals surface area contributed by atoms with Crippen LogP contribution < -0.4 is 10.6 Å². The number of hydrogen-bond donors (Lipinski definition) is 2. The van der Waals surface area contributed by atoms with E-state index in [0.717, 1.165) is 0 Å². The second kappa shape index (κ2) is 8.32. The topological polar surface area (TPSA) is 92.3 Å². The Kier molecular flexibility index (Phi) is 6.04. The molecule has 1 heterocycles. The molecule has 2 aromatic carbocycles. The Morgan fingerprint density at radius 3 is 2.71 bits per heavy atom. The maximum absolute atomic E-state index is 13.6. The van der Waals surface area contributed by atoms with Gasteiger partial charge in [0, 0.05) is 11.3 Å². The van der Waals surface area contributed by atoms with Crippen molar-refractivity contribution in [3.05, 3.63) is 48.3 Å². The minimum Gasteiger partial charge on any atom is -0.324 e. The first kappa shape index (κ1) is 20.3. The zero-order valence-electron chi connectivity index (χ0n) is 15.1. The lowest BCUT2D eigenvalue weighted by molar-refractivity contribution is -0.116. The molecule has 148 valence electrons. The lowest BCUT2D eigenvalue weighted by atomic mass is 10.2. The van der Waals surface area contributed by atoms with Gasteiger partial charge in [-0.2, -0.15) is 0 Å². The van der Waals surface area contributed by atoms with Crippen LogP contribution in [0.3, 0.4) is 0 Å². The van der Waals surface area contributed by atoms with Gasteiger partial charge in [0.25, 0.3) is 0 Å². The van der Waals surface area contributed by atoms with Crippen LogP contribution in [-0.4, -0.2) is 31.2 Å². The average Bonchev–Trinajstić information content (AvgIpc) is 2.67. The Morgan fingerprint density at radius 1 is 1.25 bits per heavy atom. The minimum absolute atomic E-state index is 0.0106. The van der Waals surface area contributed by atoms with E-state index in [1.54, 1.807) is 12.1 Å². The zero-order chi connectivity index (χ0) is 20.3. The van der Waals surface area contributed by atoms with E-state index >= 15 is 0 Å². The second-order valence-electron chi connectivity index (χ2n) is 6.26. The predicted octanol–water partition coefficient (Wildman–Crippen LogP) is 3.45. The number of amides is 2. The normalized spacial score (nSPS) is 16.2. The third kappa shape index (κ3) is 4.53. The minimum atomic E-state index is -3.71. The van der Waals surface area contributed by atoms with Crippen LogP contribution in [0.15, 0.2) is 52.3 Å². The number of rotatable bonds is 6. The fourth-order valence-electron chi connectivity index (χ4n) is 2.71. The van der Waals surface area contributed by atoms with Crippen molar-refractivity contribution in [3.8, 4) is 0 Å². The molecule has 28 heavy (non-hydrogen) atoms. The van der Waals surface area contributed by atoms with E-state index in [1.165, 1.54) is 42.1 Å². The van der Waals surface area contributed by atoms with Gasteiger partial charge in [-0.1, -0.05) is 19.1 Å². The van der Waals surface area contributed by atoms with E-state index in [0.29, 0.717) is 17.0 Å². The maximum Gasteiger partial charge on any atom is 0.237 e. The number of para-hydroxylation sites is 1. The fourth-order valence-corrected chi connectivity index (χ4v) is 5.12. The molecule has 2 aromatic rings. The van der Waals surface area contributed by atoms with E-state index in [2.05, 4.69) is 10.6 Å². The summed E-state index contributed by atoms with van der Waals surface area (Å²) in [5.41, 5.74) is 0.590. The van der Waals surface area contributed by atoms with Crippen LogP contribution in [0.25, 0.3) is 0 Å². The Morgan fingerprint density at radius 2 is 2.00 bits per heavy atom. The van der Waals surface area contributed by atoms with Crippen LogP contribution in [0, 0.1) is 5.82 Å². The van der Waals surface area contributed by atoms with Crippen molar-refractivity contribution in [2.45, 2.75) is 34.8 Å². The predicted molar refractivity (Wildman–Crippen MR) is 107 cm³/mol. The molecule has 1 aliphatic heterocycles. The van der Waals surface area contributed by atoms with Gasteiger partial charge in [0.15, 0.2) is 9.84 Å². The van der Waals surface area contributed by atoms with E-state index < -0.39 is 27.3 Å². The largest absolute Gasteiger partial charge is 0.324 e. The molecule has 2 N–H and O–H groups in total. The summed E-state index contributed by atoms with van der Waals surface area (Å²) in [6.07, 6.45) is 0.332. The Labute approximate surface area is 166 Å². The standard InChI is InChI=1S/C19H19FN2O4S2/c1-2-16-19(24)22-15-8-7-12(11-17(15)27-16)28(25,26)10-9-18(23)21-14-6-4-3-5-13(14)20/h3-8,11,16H,2,9-10H2,1H3,(H,21,23)(H,22,24). The van der Waals surface area contributed by atoms with Crippen LogP contribution >= 0.6 is 11.8 Å². The van der Waals surface area contributed by atoms with Crippen molar-refractivity contribution in [2.75, 3.05) is 16.4 Å². The van der Waals surface area contributed by atoms with Gasteiger partial charge in [-0.25, -0.2) is 12.8 Å². The summed E-state index contributed by atoms with van der Waals surface area (Å²) in [4.78, 5) is 24.7. The number of thioether (sulfide) groups is 1. The molecule has 3 rings (SSSR count). The van der Waals surface area contributed by atoms with Crippen molar-refractivity contribution < 1.29 is 22.4 Å². The SMILES string of the molecule is CCC1Sc2cc(S(=O)(=O)CCC(=O)Nc3ccccc3F)ccc2NC1=O. The van der Waals surface area contributed by atoms with Crippen LogP contribution in [-0.2, 0) is 19.4 Å². The highest BCUT2D eigenvalue weighted by atomic mass is 32.2. The quantitative estimate of drug-likeness (QED) is 0.744. The van der Waals surface area contributed by atoms with Gasteiger partial charge < -0.3 is 10.6 Å². The molecular formula is C19H19FN2O4S2. The maximum atomic E-state index is 13.6. The number of nitrogens with one attached hydrogen (secondary N) is 2. The molecule has 0 saturated heterocycles. The molecule has 0 aliphatic carbocycles.